The summed E-state index contributed by atoms with van der Waals surface area (Å²) in [5.74, 6) is -0.258. The van der Waals surface area contributed by atoms with Gasteiger partial charge in [-0.15, -0.1) is 0 Å². The van der Waals surface area contributed by atoms with Gasteiger partial charge in [-0.25, -0.2) is 8.78 Å². The van der Waals surface area contributed by atoms with Crippen molar-refractivity contribution in [1.29, 1.82) is 0 Å². The van der Waals surface area contributed by atoms with Crippen molar-refractivity contribution in [2.45, 2.75) is 13.3 Å². The first-order valence-corrected chi connectivity index (χ1v) is 3.44. The fraction of sp³-hybridized carbons (Fsp3) is 0.333. The molecule has 1 rings (SSSR count). The second-order valence-corrected chi connectivity index (χ2v) is 2.68. The number of rotatable bonds is 1. The van der Waals surface area contributed by atoms with Gasteiger partial charge in [0.05, 0.1) is 0 Å². The standard InChI is InChI=1S/C6H5BrF2O/c1-3-2-4(7)10-5(3)6(8)9/h2,6H,1H3. The zero-order chi connectivity index (χ0) is 7.72. The van der Waals surface area contributed by atoms with Crippen molar-refractivity contribution in [2.24, 2.45) is 0 Å². The Hall–Kier alpha value is -0.380. The van der Waals surface area contributed by atoms with E-state index >= 15 is 0 Å². The number of aryl methyl sites for hydroxylation is 1. The topological polar surface area (TPSA) is 13.1 Å². The van der Waals surface area contributed by atoms with Crippen LogP contribution >= 0.6 is 15.9 Å². The Labute approximate surface area is 65.2 Å². The number of alkyl halides is 2. The third-order valence-corrected chi connectivity index (χ3v) is 1.52. The van der Waals surface area contributed by atoms with Crippen LogP contribution in [0.5, 0.6) is 0 Å². The summed E-state index contributed by atoms with van der Waals surface area (Å²) >= 11 is 2.95. The second kappa shape index (κ2) is 2.70. The molecule has 1 aromatic rings. The molecule has 0 aliphatic rings. The molecule has 1 aromatic heterocycles. The van der Waals surface area contributed by atoms with Crippen molar-refractivity contribution < 1.29 is 13.2 Å². The first kappa shape index (κ1) is 7.72. The highest BCUT2D eigenvalue weighted by Gasteiger charge is 2.15. The smallest absolute Gasteiger partial charge is 0.295 e. The molecule has 0 saturated carbocycles. The van der Waals surface area contributed by atoms with E-state index in [0.717, 1.165) is 0 Å². The normalized spacial score (nSPS) is 10.9. The van der Waals surface area contributed by atoms with E-state index in [1.807, 2.05) is 0 Å². The molecule has 10 heavy (non-hydrogen) atoms. The van der Waals surface area contributed by atoms with Crippen LogP contribution in [0.2, 0.25) is 0 Å². The van der Waals surface area contributed by atoms with Crippen LogP contribution in [0.15, 0.2) is 15.2 Å². The molecule has 0 bridgehead atoms. The van der Waals surface area contributed by atoms with Crippen molar-refractivity contribution in [3.8, 4) is 0 Å². The summed E-state index contributed by atoms with van der Waals surface area (Å²) < 4.78 is 28.8. The molecule has 0 aliphatic heterocycles. The summed E-state index contributed by atoms with van der Waals surface area (Å²) in [4.78, 5) is 0. The summed E-state index contributed by atoms with van der Waals surface area (Å²) in [6.45, 7) is 1.58. The van der Waals surface area contributed by atoms with Crippen LogP contribution < -0.4 is 0 Å². The molecule has 0 aliphatic carbocycles. The van der Waals surface area contributed by atoms with Crippen LogP contribution in [-0.2, 0) is 0 Å². The minimum Gasteiger partial charge on any atom is -0.448 e. The van der Waals surface area contributed by atoms with Crippen LogP contribution in [0.1, 0.15) is 17.7 Å². The molecule has 4 heteroatoms. The number of furan rings is 1. The Balaban J connectivity index is 3.03. The lowest BCUT2D eigenvalue weighted by atomic mass is 10.3. The van der Waals surface area contributed by atoms with E-state index in [0.29, 0.717) is 10.2 Å². The van der Waals surface area contributed by atoms with Crippen LogP contribution in [0.4, 0.5) is 8.78 Å². The molecule has 56 valence electrons. The van der Waals surface area contributed by atoms with E-state index < -0.39 is 6.43 Å². The Bertz CT molecular complexity index is 232. The van der Waals surface area contributed by atoms with E-state index in [2.05, 4.69) is 20.3 Å². The molecule has 0 radical (unpaired) electrons. The average molecular weight is 211 g/mol. The van der Waals surface area contributed by atoms with Gasteiger partial charge in [0.15, 0.2) is 10.4 Å². The van der Waals surface area contributed by atoms with Gasteiger partial charge in [-0.2, -0.15) is 0 Å². The SMILES string of the molecule is Cc1cc(Br)oc1C(F)F. The third kappa shape index (κ3) is 1.37. The molecule has 1 heterocycles. The Kier molecular flexibility index (Phi) is 2.08. The summed E-state index contributed by atoms with van der Waals surface area (Å²) in [5, 5.41) is 0. The van der Waals surface area contributed by atoms with Crippen molar-refractivity contribution in [2.75, 3.05) is 0 Å². The molecule has 0 fully saturated rings. The molecule has 0 amide bonds. The van der Waals surface area contributed by atoms with Gasteiger partial charge >= 0.3 is 0 Å². The molecule has 1 nitrogen and oxygen atoms in total. The number of hydrogen-bond donors (Lipinski definition) is 0. The van der Waals surface area contributed by atoms with E-state index in [1.54, 1.807) is 6.92 Å². The second-order valence-electron chi connectivity index (χ2n) is 1.90. The average Bonchev–Trinajstić information content (AvgIpc) is 2.10. The van der Waals surface area contributed by atoms with Gasteiger partial charge < -0.3 is 4.42 Å². The van der Waals surface area contributed by atoms with Gasteiger partial charge in [0.1, 0.15) is 0 Å². The Morgan fingerprint density at radius 2 is 2.20 bits per heavy atom. The maximum atomic E-state index is 11.9. The van der Waals surface area contributed by atoms with Crippen LogP contribution in [-0.4, -0.2) is 0 Å². The zero-order valence-electron chi connectivity index (χ0n) is 5.20. The molecule has 0 unspecified atom stereocenters. The van der Waals surface area contributed by atoms with Gasteiger partial charge in [-0.05, 0) is 34.5 Å². The highest BCUT2D eigenvalue weighted by Crippen LogP contribution is 2.27. The van der Waals surface area contributed by atoms with Crippen molar-refractivity contribution >= 4 is 15.9 Å². The monoisotopic (exact) mass is 210 g/mol. The maximum absolute atomic E-state index is 11.9. The van der Waals surface area contributed by atoms with Gasteiger partial charge in [0, 0.05) is 0 Å². The van der Waals surface area contributed by atoms with Crippen LogP contribution in [0, 0.1) is 6.92 Å². The summed E-state index contributed by atoms with van der Waals surface area (Å²) in [5.41, 5.74) is 0.474. The molecule has 0 aromatic carbocycles. The molecule has 0 spiro atoms. The van der Waals surface area contributed by atoms with Gasteiger partial charge in [0.25, 0.3) is 6.43 Å². The minimum atomic E-state index is -2.52. The first-order valence-electron chi connectivity index (χ1n) is 2.65. The van der Waals surface area contributed by atoms with Gasteiger partial charge in [-0.1, -0.05) is 0 Å². The Morgan fingerprint density at radius 3 is 2.40 bits per heavy atom. The highest BCUT2D eigenvalue weighted by molar-refractivity contribution is 9.10. The fourth-order valence-electron chi connectivity index (χ4n) is 0.673. The summed E-state index contributed by atoms with van der Waals surface area (Å²) in [7, 11) is 0. The van der Waals surface area contributed by atoms with Crippen molar-refractivity contribution in [3.05, 3.63) is 22.1 Å². The highest BCUT2D eigenvalue weighted by atomic mass is 79.9. The predicted molar refractivity (Wildman–Crippen MR) is 36.1 cm³/mol. The molecule has 0 atom stereocenters. The molecule has 0 saturated heterocycles. The summed E-state index contributed by atoms with van der Waals surface area (Å²) in [6, 6.07) is 1.52. The van der Waals surface area contributed by atoms with Crippen LogP contribution in [0.3, 0.4) is 0 Å². The lowest BCUT2D eigenvalue weighted by Crippen LogP contribution is -1.81. The van der Waals surface area contributed by atoms with E-state index in [9.17, 15) is 8.78 Å². The predicted octanol–water partition coefficient (Wildman–Crippen LogP) is 3.29. The fourth-order valence-corrected chi connectivity index (χ4v) is 1.19. The first-order chi connectivity index (χ1) is 4.61. The van der Waals surface area contributed by atoms with Crippen LogP contribution in [0.25, 0.3) is 0 Å². The van der Waals surface area contributed by atoms with E-state index in [1.165, 1.54) is 6.07 Å². The minimum absolute atomic E-state index is 0.258. The van der Waals surface area contributed by atoms with Crippen molar-refractivity contribution in [3.63, 3.8) is 0 Å². The van der Waals surface area contributed by atoms with Gasteiger partial charge in [-0.3, -0.25) is 0 Å². The third-order valence-electron chi connectivity index (χ3n) is 1.12. The quantitative estimate of drug-likeness (QED) is 0.694. The Morgan fingerprint density at radius 1 is 1.60 bits per heavy atom. The molecular weight excluding hydrogens is 206 g/mol. The zero-order valence-corrected chi connectivity index (χ0v) is 6.78. The number of hydrogen-bond acceptors (Lipinski definition) is 1. The van der Waals surface area contributed by atoms with E-state index in [4.69, 9.17) is 0 Å². The lowest BCUT2D eigenvalue weighted by Gasteiger charge is -1.92. The summed E-state index contributed by atoms with van der Waals surface area (Å²) in [6.07, 6.45) is -2.52. The maximum Gasteiger partial charge on any atom is 0.295 e. The number of halogens is 3. The van der Waals surface area contributed by atoms with Gasteiger partial charge in [0.2, 0.25) is 0 Å². The largest absolute Gasteiger partial charge is 0.448 e. The van der Waals surface area contributed by atoms with E-state index in [-0.39, 0.29) is 5.76 Å². The lowest BCUT2D eigenvalue weighted by molar-refractivity contribution is 0.119. The molecular formula is C6H5BrF2O. The van der Waals surface area contributed by atoms with Crippen molar-refractivity contribution in [1.82, 2.24) is 0 Å². The molecule has 0 N–H and O–H groups in total.